The number of carboxylic acids is 1. The molecule has 0 aliphatic heterocycles. The van der Waals surface area contributed by atoms with Gasteiger partial charge in [0, 0.05) is 6.07 Å². The standard InChI is InChI=1S/C14H9ClFN3O3/c1-6-4-10(20)17-13-11(6)12(14(21)22)18-19(13)7-2-3-9(16)8(15)5-7/h2-5H,1H3,(H,17,20)(H,21,22). The van der Waals surface area contributed by atoms with Crippen LogP contribution in [0, 0.1) is 12.7 Å². The molecule has 0 spiro atoms. The summed E-state index contributed by atoms with van der Waals surface area (Å²) in [7, 11) is 0. The van der Waals surface area contributed by atoms with Crippen LogP contribution in [0.3, 0.4) is 0 Å². The first kappa shape index (κ1) is 14.3. The number of benzene rings is 1. The number of rotatable bonds is 2. The molecule has 0 unspecified atom stereocenters. The van der Waals surface area contributed by atoms with Crippen LogP contribution >= 0.6 is 11.6 Å². The second-order valence-corrected chi connectivity index (χ2v) is 5.11. The Labute approximate surface area is 127 Å². The summed E-state index contributed by atoms with van der Waals surface area (Å²) in [5.74, 6) is -1.84. The van der Waals surface area contributed by atoms with Crippen LogP contribution in [-0.2, 0) is 0 Å². The maximum absolute atomic E-state index is 13.3. The molecular formula is C14H9ClFN3O3. The maximum atomic E-state index is 13.3. The van der Waals surface area contributed by atoms with Gasteiger partial charge in [0.05, 0.1) is 16.1 Å². The second-order valence-electron chi connectivity index (χ2n) is 4.70. The van der Waals surface area contributed by atoms with Crippen LogP contribution in [0.5, 0.6) is 0 Å². The van der Waals surface area contributed by atoms with Gasteiger partial charge in [-0.15, -0.1) is 0 Å². The summed E-state index contributed by atoms with van der Waals surface area (Å²) in [6.07, 6.45) is 0. The molecule has 0 radical (unpaired) electrons. The highest BCUT2D eigenvalue weighted by Crippen LogP contribution is 2.25. The Balaban J connectivity index is 2.41. The number of aromatic carboxylic acids is 1. The summed E-state index contributed by atoms with van der Waals surface area (Å²) >= 11 is 5.74. The highest BCUT2D eigenvalue weighted by Gasteiger charge is 2.20. The molecule has 0 aliphatic rings. The van der Waals surface area contributed by atoms with Crippen molar-refractivity contribution >= 4 is 28.6 Å². The number of aromatic nitrogens is 3. The lowest BCUT2D eigenvalue weighted by Crippen LogP contribution is -2.07. The van der Waals surface area contributed by atoms with E-state index in [4.69, 9.17) is 11.6 Å². The Bertz CT molecular complexity index is 977. The summed E-state index contributed by atoms with van der Waals surface area (Å²) in [6.45, 7) is 1.62. The number of carbonyl (C=O) groups is 1. The average Bonchev–Trinajstić information content (AvgIpc) is 2.81. The van der Waals surface area contributed by atoms with Crippen molar-refractivity contribution in [3.63, 3.8) is 0 Å². The fourth-order valence-electron chi connectivity index (χ4n) is 2.28. The van der Waals surface area contributed by atoms with Crippen LogP contribution in [0.2, 0.25) is 5.02 Å². The van der Waals surface area contributed by atoms with E-state index in [1.807, 2.05) is 0 Å². The third-order valence-corrected chi connectivity index (χ3v) is 3.51. The highest BCUT2D eigenvalue weighted by atomic mass is 35.5. The molecule has 1 aromatic carbocycles. The first-order valence-electron chi connectivity index (χ1n) is 6.20. The third-order valence-electron chi connectivity index (χ3n) is 3.22. The van der Waals surface area contributed by atoms with Gasteiger partial charge in [0.1, 0.15) is 11.5 Å². The van der Waals surface area contributed by atoms with Gasteiger partial charge in [-0.25, -0.2) is 13.9 Å². The number of halogens is 2. The molecule has 3 rings (SSSR count). The molecule has 8 heteroatoms. The number of aromatic amines is 1. The van der Waals surface area contributed by atoms with Gasteiger partial charge >= 0.3 is 5.97 Å². The van der Waals surface area contributed by atoms with Crippen molar-refractivity contribution in [3.05, 3.63) is 56.7 Å². The summed E-state index contributed by atoms with van der Waals surface area (Å²) in [5.41, 5.74) is 0.436. The molecule has 0 saturated carbocycles. The highest BCUT2D eigenvalue weighted by molar-refractivity contribution is 6.30. The van der Waals surface area contributed by atoms with Crippen molar-refractivity contribution < 1.29 is 14.3 Å². The van der Waals surface area contributed by atoms with Crippen molar-refractivity contribution in [2.45, 2.75) is 6.92 Å². The number of H-pyrrole nitrogens is 1. The summed E-state index contributed by atoms with van der Waals surface area (Å²) in [6, 6.07) is 5.12. The van der Waals surface area contributed by atoms with E-state index < -0.39 is 17.3 Å². The SMILES string of the molecule is Cc1cc(=O)[nH]c2c1c(C(=O)O)nn2-c1ccc(F)c(Cl)c1. The first-order chi connectivity index (χ1) is 10.4. The molecule has 22 heavy (non-hydrogen) atoms. The molecule has 0 saturated heterocycles. The minimum Gasteiger partial charge on any atom is -0.476 e. The summed E-state index contributed by atoms with van der Waals surface area (Å²) in [4.78, 5) is 25.6. The number of fused-ring (bicyclic) bond motifs is 1. The fourth-order valence-corrected chi connectivity index (χ4v) is 2.46. The van der Waals surface area contributed by atoms with Crippen LogP contribution in [0.4, 0.5) is 4.39 Å². The predicted octanol–water partition coefficient (Wildman–Crippen LogP) is 2.51. The van der Waals surface area contributed by atoms with Gasteiger partial charge in [0.2, 0.25) is 5.56 Å². The van der Waals surface area contributed by atoms with Crippen LogP contribution in [0.25, 0.3) is 16.7 Å². The molecule has 2 N–H and O–H groups in total. The van der Waals surface area contributed by atoms with Crippen molar-refractivity contribution in [2.24, 2.45) is 0 Å². The zero-order chi connectivity index (χ0) is 16.0. The van der Waals surface area contributed by atoms with Crippen molar-refractivity contribution in [3.8, 4) is 5.69 Å². The molecule has 2 heterocycles. The van der Waals surface area contributed by atoms with Gasteiger partial charge in [-0.2, -0.15) is 5.10 Å². The smallest absolute Gasteiger partial charge is 0.357 e. The van der Waals surface area contributed by atoms with E-state index in [2.05, 4.69) is 10.1 Å². The van der Waals surface area contributed by atoms with Gasteiger partial charge < -0.3 is 10.1 Å². The Morgan fingerprint density at radius 1 is 1.41 bits per heavy atom. The average molecular weight is 322 g/mol. The molecule has 0 aliphatic carbocycles. The summed E-state index contributed by atoms with van der Waals surface area (Å²) < 4.78 is 14.5. The molecule has 0 atom stereocenters. The number of aryl methyl sites for hydroxylation is 1. The monoisotopic (exact) mass is 321 g/mol. The lowest BCUT2D eigenvalue weighted by molar-refractivity contribution is 0.0692. The topological polar surface area (TPSA) is 88.0 Å². The Morgan fingerprint density at radius 2 is 2.14 bits per heavy atom. The number of hydrogen-bond acceptors (Lipinski definition) is 3. The van der Waals surface area contributed by atoms with E-state index >= 15 is 0 Å². The van der Waals surface area contributed by atoms with Crippen molar-refractivity contribution in [1.29, 1.82) is 0 Å². The third kappa shape index (κ3) is 2.15. The molecule has 6 nitrogen and oxygen atoms in total. The number of carboxylic acid groups (broad SMARTS) is 1. The van der Waals surface area contributed by atoms with E-state index in [9.17, 15) is 19.1 Å². The minimum atomic E-state index is -1.23. The van der Waals surface area contributed by atoms with Crippen molar-refractivity contribution in [2.75, 3.05) is 0 Å². The predicted molar refractivity (Wildman–Crippen MR) is 78.4 cm³/mol. The van der Waals surface area contributed by atoms with Gasteiger partial charge in [0.25, 0.3) is 0 Å². The summed E-state index contributed by atoms with van der Waals surface area (Å²) in [5, 5.41) is 13.5. The van der Waals surface area contributed by atoms with Crippen LogP contribution in [0.15, 0.2) is 29.1 Å². The Kier molecular flexibility index (Phi) is 3.22. The van der Waals surface area contributed by atoms with Crippen LogP contribution in [0.1, 0.15) is 16.1 Å². The van der Waals surface area contributed by atoms with Gasteiger partial charge in [-0.1, -0.05) is 11.6 Å². The number of nitrogens with one attached hydrogen (secondary N) is 1. The van der Waals surface area contributed by atoms with Crippen molar-refractivity contribution in [1.82, 2.24) is 14.8 Å². The molecule has 2 aromatic heterocycles. The Hall–Kier alpha value is -2.67. The largest absolute Gasteiger partial charge is 0.476 e. The Morgan fingerprint density at radius 3 is 2.77 bits per heavy atom. The molecular weight excluding hydrogens is 313 g/mol. The van der Waals surface area contributed by atoms with E-state index in [0.717, 1.165) is 6.07 Å². The van der Waals surface area contributed by atoms with E-state index in [1.54, 1.807) is 6.92 Å². The number of nitrogens with zero attached hydrogens (tertiary/aromatic N) is 2. The normalized spacial score (nSPS) is 11.0. The molecule has 0 bridgehead atoms. The van der Waals surface area contributed by atoms with E-state index in [-0.39, 0.29) is 16.4 Å². The second kappa shape index (κ2) is 4.96. The zero-order valence-corrected chi connectivity index (χ0v) is 12.0. The zero-order valence-electron chi connectivity index (χ0n) is 11.2. The van der Waals surface area contributed by atoms with Crippen LogP contribution in [-0.4, -0.2) is 25.8 Å². The fraction of sp³-hybridized carbons (Fsp3) is 0.0714. The minimum absolute atomic E-state index is 0.131. The van der Waals surface area contributed by atoms with Gasteiger partial charge in [-0.3, -0.25) is 4.79 Å². The van der Waals surface area contributed by atoms with E-state index in [0.29, 0.717) is 16.6 Å². The van der Waals surface area contributed by atoms with Crippen LogP contribution < -0.4 is 5.56 Å². The number of pyridine rings is 1. The van der Waals surface area contributed by atoms with Gasteiger partial charge in [-0.05, 0) is 30.7 Å². The molecule has 0 fully saturated rings. The quantitative estimate of drug-likeness (QED) is 0.759. The molecule has 0 amide bonds. The van der Waals surface area contributed by atoms with Gasteiger partial charge in [0.15, 0.2) is 5.69 Å². The number of hydrogen-bond donors (Lipinski definition) is 2. The maximum Gasteiger partial charge on any atom is 0.357 e. The molecule has 3 aromatic rings. The van der Waals surface area contributed by atoms with E-state index in [1.165, 1.54) is 22.9 Å². The molecule has 112 valence electrons. The first-order valence-corrected chi connectivity index (χ1v) is 6.57. The lowest BCUT2D eigenvalue weighted by Gasteiger charge is -2.04. The lowest BCUT2D eigenvalue weighted by atomic mass is 10.1.